The molecule has 1 atom stereocenters. The predicted molar refractivity (Wildman–Crippen MR) is 66.4 cm³/mol. The Kier molecular flexibility index (Phi) is 5.40. The number of amides is 2. The third-order valence-electron chi connectivity index (χ3n) is 3.00. The lowest BCUT2D eigenvalue weighted by molar-refractivity contribution is -0.140. The van der Waals surface area contributed by atoms with Gasteiger partial charge in [0.15, 0.2) is 0 Å². The molecule has 0 unspecified atom stereocenters. The molecule has 2 N–H and O–H groups in total. The number of nitrogens with zero attached hydrogens (tertiary/aromatic N) is 1. The molecule has 1 aliphatic rings. The van der Waals surface area contributed by atoms with E-state index in [1.807, 2.05) is 0 Å². The molecule has 0 aliphatic heterocycles. The van der Waals surface area contributed by atoms with Crippen molar-refractivity contribution in [3.05, 3.63) is 0 Å². The van der Waals surface area contributed by atoms with Gasteiger partial charge in [-0.25, -0.2) is 9.59 Å². The summed E-state index contributed by atoms with van der Waals surface area (Å²) in [6.45, 7) is 4.51. The molecule has 1 fully saturated rings. The van der Waals surface area contributed by atoms with E-state index in [1.54, 1.807) is 25.9 Å². The first kappa shape index (κ1) is 14.8. The van der Waals surface area contributed by atoms with E-state index in [1.165, 1.54) is 0 Å². The van der Waals surface area contributed by atoms with Gasteiger partial charge >= 0.3 is 12.0 Å². The number of aliphatic carboxylic acids is 1. The van der Waals surface area contributed by atoms with Crippen molar-refractivity contribution in [2.24, 2.45) is 5.92 Å². The quantitative estimate of drug-likeness (QED) is 0.711. The van der Waals surface area contributed by atoms with Crippen LogP contribution in [0.1, 0.15) is 26.7 Å². The monoisotopic (exact) mass is 258 g/mol. The van der Waals surface area contributed by atoms with Crippen LogP contribution in [0.2, 0.25) is 0 Å². The molecule has 0 radical (unpaired) electrons. The van der Waals surface area contributed by atoms with Gasteiger partial charge in [0.2, 0.25) is 0 Å². The smallest absolute Gasteiger partial charge is 0.326 e. The van der Waals surface area contributed by atoms with Crippen molar-refractivity contribution in [2.75, 3.05) is 20.3 Å². The molecule has 0 heterocycles. The number of methoxy groups -OCH3 is 1. The third-order valence-corrected chi connectivity index (χ3v) is 3.00. The van der Waals surface area contributed by atoms with Gasteiger partial charge in [-0.3, -0.25) is 0 Å². The fraction of sp³-hybridized carbons (Fsp3) is 0.833. The number of hydrogen-bond acceptors (Lipinski definition) is 3. The minimum absolute atomic E-state index is 0.144. The van der Waals surface area contributed by atoms with Crippen molar-refractivity contribution < 1.29 is 19.4 Å². The molecule has 2 amide bonds. The number of carbonyl (C=O) groups is 2. The van der Waals surface area contributed by atoms with Crippen LogP contribution in [0.25, 0.3) is 0 Å². The highest BCUT2D eigenvalue weighted by Gasteiger charge is 2.34. The average Bonchev–Trinajstić information content (AvgIpc) is 3.09. The number of urea groups is 1. The van der Waals surface area contributed by atoms with Gasteiger partial charge in [0.1, 0.15) is 6.04 Å². The highest BCUT2D eigenvalue weighted by atomic mass is 16.5. The molecule has 0 saturated heterocycles. The van der Waals surface area contributed by atoms with Crippen LogP contribution in [0.5, 0.6) is 0 Å². The molecular formula is C12H22N2O4. The van der Waals surface area contributed by atoms with Crippen molar-refractivity contribution in [3.8, 4) is 0 Å². The maximum atomic E-state index is 12.0. The summed E-state index contributed by atoms with van der Waals surface area (Å²) in [5.41, 5.74) is 0. The minimum Gasteiger partial charge on any atom is -0.480 e. The minimum atomic E-state index is -0.999. The van der Waals surface area contributed by atoms with Crippen LogP contribution in [0.4, 0.5) is 4.79 Å². The van der Waals surface area contributed by atoms with E-state index < -0.39 is 12.0 Å². The summed E-state index contributed by atoms with van der Waals surface area (Å²) in [6.07, 6.45) is 1.97. The molecule has 0 aromatic rings. The first-order chi connectivity index (χ1) is 8.47. The molecule has 6 nitrogen and oxygen atoms in total. The first-order valence-corrected chi connectivity index (χ1v) is 6.26. The molecule has 0 bridgehead atoms. The largest absolute Gasteiger partial charge is 0.480 e. The Labute approximate surface area is 107 Å². The number of carboxylic acids is 1. The molecule has 1 rings (SSSR count). The zero-order valence-electron chi connectivity index (χ0n) is 11.2. The van der Waals surface area contributed by atoms with Crippen molar-refractivity contribution >= 4 is 12.0 Å². The summed E-state index contributed by atoms with van der Waals surface area (Å²) in [4.78, 5) is 24.8. The van der Waals surface area contributed by atoms with Gasteiger partial charge in [0.05, 0.1) is 6.61 Å². The lowest BCUT2D eigenvalue weighted by Gasteiger charge is -2.26. The van der Waals surface area contributed by atoms with Crippen LogP contribution < -0.4 is 5.32 Å². The van der Waals surface area contributed by atoms with Gasteiger partial charge in [0, 0.05) is 19.7 Å². The fourth-order valence-corrected chi connectivity index (χ4v) is 1.76. The van der Waals surface area contributed by atoms with Crippen LogP contribution in [-0.4, -0.2) is 54.4 Å². The van der Waals surface area contributed by atoms with E-state index in [-0.39, 0.29) is 18.0 Å². The summed E-state index contributed by atoms with van der Waals surface area (Å²) >= 11 is 0. The number of nitrogens with one attached hydrogen (secondary N) is 1. The molecule has 0 aromatic heterocycles. The predicted octanol–water partition coefficient (Wildman–Crippen LogP) is 0.916. The number of carboxylic acid groups (broad SMARTS) is 1. The Morgan fingerprint density at radius 2 is 2.06 bits per heavy atom. The second kappa shape index (κ2) is 6.58. The molecule has 18 heavy (non-hydrogen) atoms. The standard InChI is InChI=1S/C12H22N2O4/c1-8(2)10(11(15)16)13-12(17)14(6-7-18-3)9-4-5-9/h8-10H,4-7H2,1-3H3,(H,13,17)(H,15,16)/t10-/m1/s1. The molecule has 0 spiro atoms. The Morgan fingerprint density at radius 1 is 1.44 bits per heavy atom. The Bertz CT molecular complexity index is 302. The van der Waals surface area contributed by atoms with Crippen molar-refractivity contribution in [2.45, 2.75) is 38.8 Å². The second-order valence-corrected chi connectivity index (χ2v) is 4.93. The van der Waals surface area contributed by atoms with Crippen LogP contribution in [-0.2, 0) is 9.53 Å². The summed E-state index contributed by atoms with van der Waals surface area (Å²) in [6, 6.07) is -0.918. The second-order valence-electron chi connectivity index (χ2n) is 4.93. The van der Waals surface area contributed by atoms with E-state index in [2.05, 4.69) is 5.32 Å². The average molecular weight is 258 g/mol. The molecule has 104 valence electrons. The highest BCUT2D eigenvalue weighted by Crippen LogP contribution is 2.26. The number of ether oxygens (including phenoxy) is 1. The van der Waals surface area contributed by atoms with Crippen LogP contribution >= 0.6 is 0 Å². The van der Waals surface area contributed by atoms with E-state index >= 15 is 0 Å². The van der Waals surface area contributed by atoms with Gasteiger partial charge in [-0.1, -0.05) is 13.8 Å². The zero-order chi connectivity index (χ0) is 13.7. The van der Waals surface area contributed by atoms with Crippen LogP contribution in [0, 0.1) is 5.92 Å². The first-order valence-electron chi connectivity index (χ1n) is 6.26. The van der Waals surface area contributed by atoms with Gasteiger partial charge in [-0.05, 0) is 18.8 Å². The Hall–Kier alpha value is -1.30. The van der Waals surface area contributed by atoms with Gasteiger partial charge in [-0.15, -0.1) is 0 Å². The molecule has 1 saturated carbocycles. The number of rotatable bonds is 7. The Morgan fingerprint density at radius 3 is 2.44 bits per heavy atom. The zero-order valence-corrected chi connectivity index (χ0v) is 11.2. The van der Waals surface area contributed by atoms with E-state index in [0.29, 0.717) is 13.2 Å². The maximum absolute atomic E-state index is 12.0. The lowest BCUT2D eigenvalue weighted by atomic mass is 10.1. The molecule has 6 heteroatoms. The van der Waals surface area contributed by atoms with Crippen molar-refractivity contribution in [3.63, 3.8) is 0 Å². The number of hydrogen-bond donors (Lipinski definition) is 2. The normalized spacial score (nSPS) is 16.4. The maximum Gasteiger partial charge on any atom is 0.326 e. The SMILES string of the molecule is COCCN(C(=O)N[C@@H](C(=O)O)C(C)C)C1CC1. The molecule has 0 aromatic carbocycles. The van der Waals surface area contributed by atoms with Gasteiger partial charge in [-0.2, -0.15) is 0 Å². The third kappa shape index (κ3) is 4.18. The fourth-order valence-electron chi connectivity index (χ4n) is 1.76. The van der Waals surface area contributed by atoms with Crippen LogP contribution in [0.3, 0.4) is 0 Å². The van der Waals surface area contributed by atoms with Crippen LogP contribution in [0.15, 0.2) is 0 Å². The molecule has 1 aliphatic carbocycles. The van der Waals surface area contributed by atoms with Gasteiger partial charge < -0.3 is 20.1 Å². The highest BCUT2D eigenvalue weighted by molar-refractivity contribution is 5.83. The van der Waals surface area contributed by atoms with E-state index in [4.69, 9.17) is 9.84 Å². The summed E-state index contributed by atoms with van der Waals surface area (Å²) in [7, 11) is 1.58. The topological polar surface area (TPSA) is 78.9 Å². The summed E-state index contributed by atoms with van der Waals surface area (Å²) in [5, 5.41) is 11.6. The van der Waals surface area contributed by atoms with E-state index in [0.717, 1.165) is 12.8 Å². The summed E-state index contributed by atoms with van der Waals surface area (Å²) < 4.78 is 4.96. The van der Waals surface area contributed by atoms with Crippen molar-refractivity contribution in [1.29, 1.82) is 0 Å². The number of carbonyl (C=O) groups excluding carboxylic acids is 1. The molecular weight excluding hydrogens is 236 g/mol. The lowest BCUT2D eigenvalue weighted by Crippen LogP contribution is -2.51. The van der Waals surface area contributed by atoms with E-state index in [9.17, 15) is 9.59 Å². The van der Waals surface area contributed by atoms with Gasteiger partial charge in [0.25, 0.3) is 0 Å². The van der Waals surface area contributed by atoms with Crippen molar-refractivity contribution in [1.82, 2.24) is 10.2 Å². The Balaban J connectivity index is 2.56. The summed E-state index contributed by atoms with van der Waals surface area (Å²) in [5.74, 6) is -1.14.